The van der Waals surface area contributed by atoms with Crippen molar-refractivity contribution >= 4 is 46.7 Å². The average Bonchev–Trinajstić information content (AvgIpc) is 2.29. The number of aromatic nitrogens is 2. The molecule has 0 spiro atoms. The third kappa shape index (κ3) is 3.03. The van der Waals surface area contributed by atoms with Gasteiger partial charge in [-0.1, -0.05) is 37.0 Å². The maximum atomic E-state index is 6.05. The van der Waals surface area contributed by atoms with E-state index in [0.29, 0.717) is 26.1 Å². The topological polar surface area (TPSA) is 25.8 Å². The van der Waals surface area contributed by atoms with Gasteiger partial charge in [0.15, 0.2) is 0 Å². The van der Waals surface area contributed by atoms with E-state index in [0.717, 1.165) is 17.1 Å². The minimum atomic E-state index is 0.293. The summed E-state index contributed by atoms with van der Waals surface area (Å²) < 4.78 is 0. The summed E-state index contributed by atoms with van der Waals surface area (Å²) in [6.07, 6.45) is 0. The Bertz CT molecular complexity index is 405. The first-order chi connectivity index (χ1) is 7.99. The second-order valence-electron chi connectivity index (χ2n) is 4.16. The average molecular weight is 309 g/mol. The van der Waals surface area contributed by atoms with Crippen LogP contribution >= 0.6 is 46.7 Å². The minimum absolute atomic E-state index is 0.293. The van der Waals surface area contributed by atoms with Crippen LogP contribution in [-0.2, 0) is 0 Å². The fourth-order valence-electron chi connectivity index (χ4n) is 1.54. The molecule has 0 saturated carbocycles. The van der Waals surface area contributed by atoms with Crippen molar-refractivity contribution in [3.05, 3.63) is 21.7 Å². The molecule has 0 bridgehead atoms. The van der Waals surface area contributed by atoms with Gasteiger partial charge in [-0.2, -0.15) is 11.8 Å². The SMILES string of the molecule is Cc1c(Cl)nc(C2CSC(C)C(C)S2)nc1Cl. The first-order valence-corrected chi connectivity index (χ1v) is 8.20. The zero-order valence-electron chi connectivity index (χ0n) is 9.91. The van der Waals surface area contributed by atoms with Crippen molar-refractivity contribution in [3.8, 4) is 0 Å². The van der Waals surface area contributed by atoms with Gasteiger partial charge in [0, 0.05) is 21.8 Å². The van der Waals surface area contributed by atoms with Crippen molar-refractivity contribution < 1.29 is 0 Å². The molecule has 94 valence electrons. The predicted octanol–water partition coefficient (Wildman–Crippen LogP) is 4.39. The Hall–Kier alpha value is 0.360. The summed E-state index contributed by atoms with van der Waals surface area (Å²) in [6, 6.07) is 0. The number of halogens is 2. The molecule has 2 nitrogen and oxygen atoms in total. The standard InChI is InChI=1S/C11H14Cl2N2S2/c1-5-9(12)14-11(15-10(5)13)8-4-16-6(2)7(3)17-8/h6-8H,4H2,1-3H3. The lowest BCUT2D eigenvalue weighted by Gasteiger charge is -2.30. The van der Waals surface area contributed by atoms with Crippen LogP contribution in [-0.4, -0.2) is 26.2 Å². The first-order valence-electron chi connectivity index (χ1n) is 5.45. The molecule has 1 aliphatic heterocycles. The van der Waals surface area contributed by atoms with E-state index in [1.165, 1.54) is 0 Å². The van der Waals surface area contributed by atoms with Crippen molar-refractivity contribution in [2.24, 2.45) is 0 Å². The molecular weight excluding hydrogens is 295 g/mol. The van der Waals surface area contributed by atoms with Gasteiger partial charge < -0.3 is 0 Å². The molecular formula is C11H14Cl2N2S2. The summed E-state index contributed by atoms with van der Waals surface area (Å²) in [5.74, 6) is 1.79. The lowest BCUT2D eigenvalue weighted by Crippen LogP contribution is -2.23. The Morgan fingerprint density at radius 3 is 2.24 bits per heavy atom. The van der Waals surface area contributed by atoms with E-state index in [9.17, 15) is 0 Å². The molecule has 1 aliphatic rings. The smallest absolute Gasteiger partial charge is 0.145 e. The van der Waals surface area contributed by atoms with Gasteiger partial charge in [0.2, 0.25) is 0 Å². The van der Waals surface area contributed by atoms with Gasteiger partial charge in [-0.25, -0.2) is 9.97 Å². The molecule has 0 aromatic carbocycles. The highest BCUT2D eigenvalue weighted by atomic mass is 35.5. The highest BCUT2D eigenvalue weighted by Crippen LogP contribution is 2.43. The van der Waals surface area contributed by atoms with E-state index in [1.54, 1.807) is 0 Å². The van der Waals surface area contributed by atoms with Crippen LogP contribution in [0.1, 0.15) is 30.5 Å². The molecule has 0 N–H and O–H groups in total. The van der Waals surface area contributed by atoms with E-state index < -0.39 is 0 Å². The van der Waals surface area contributed by atoms with Crippen LogP contribution in [0.4, 0.5) is 0 Å². The van der Waals surface area contributed by atoms with Crippen LogP contribution in [0.2, 0.25) is 10.3 Å². The Kier molecular flexibility index (Phi) is 4.50. The molecule has 6 heteroatoms. The lowest BCUT2D eigenvalue weighted by atomic mass is 10.3. The largest absolute Gasteiger partial charge is 0.220 e. The normalized spacial score (nSPS) is 29.4. The molecule has 0 amide bonds. The second-order valence-corrected chi connectivity index (χ2v) is 7.87. The Labute approximate surface area is 120 Å². The number of rotatable bonds is 1. The van der Waals surface area contributed by atoms with Crippen LogP contribution < -0.4 is 0 Å². The minimum Gasteiger partial charge on any atom is -0.220 e. The quantitative estimate of drug-likeness (QED) is 0.719. The summed E-state index contributed by atoms with van der Waals surface area (Å²) in [4.78, 5) is 8.70. The van der Waals surface area contributed by atoms with Crippen molar-refractivity contribution in [3.63, 3.8) is 0 Å². The van der Waals surface area contributed by atoms with Gasteiger partial charge in [0.1, 0.15) is 16.1 Å². The third-order valence-electron chi connectivity index (χ3n) is 2.88. The van der Waals surface area contributed by atoms with Gasteiger partial charge in [-0.15, -0.1) is 11.8 Å². The maximum Gasteiger partial charge on any atom is 0.145 e. The van der Waals surface area contributed by atoms with Crippen molar-refractivity contribution in [2.75, 3.05) is 5.75 Å². The second kappa shape index (κ2) is 5.55. The van der Waals surface area contributed by atoms with Crippen LogP contribution in [0.15, 0.2) is 0 Å². The van der Waals surface area contributed by atoms with Crippen molar-refractivity contribution in [2.45, 2.75) is 36.5 Å². The summed E-state index contributed by atoms with van der Waals surface area (Å²) >= 11 is 16.0. The molecule has 17 heavy (non-hydrogen) atoms. The fourth-order valence-corrected chi connectivity index (χ4v) is 4.79. The van der Waals surface area contributed by atoms with Gasteiger partial charge in [0.05, 0.1) is 5.25 Å². The molecule has 2 heterocycles. The number of nitrogens with zero attached hydrogens (tertiary/aromatic N) is 2. The monoisotopic (exact) mass is 308 g/mol. The van der Waals surface area contributed by atoms with Crippen LogP contribution in [0.25, 0.3) is 0 Å². The van der Waals surface area contributed by atoms with Crippen molar-refractivity contribution in [1.29, 1.82) is 0 Å². The van der Waals surface area contributed by atoms with Gasteiger partial charge in [0.25, 0.3) is 0 Å². The molecule has 1 aromatic heterocycles. The van der Waals surface area contributed by atoms with E-state index >= 15 is 0 Å². The van der Waals surface area contributed by atoms with E-state index in [4.69, 9.17) is 23.2 Å². The summed E-state index contributed by atoms with van der Waals surface area (Å²) in [7, 11) is 0. The summed E-state index contributed by atoms with van der Waals surface area (Å²) in [6.45, 7) is 6.34. The highest BCUT2D eigenvalue weighted by Gasteiger charge is 2.29. The van der Waals surface area contributed by atoms with Crippen molar-refractivity contribution in [1.82, 2.24) is 9.97 Å². The molecule has 1 aromatic rings. The third-order valence-corrected chi connectivity index (χ3v) is 7.01. The van der Waals surface area contributed by atoms with Crippen LogP contribution in [0.5, 0.6) is 0 Å². The number of thioether (sulfide) groups is 2. The number of hydrogen-bond acceptors (Lipinski definition) is 4. The van der Waals surface area contributed by atoms with Gasteiger partial charge in [-0.05, 0) is 6.92 Å². The molecule has 2 rings (SSSR count). The Balaban J connectivity index is 2.23. The summed E-state index contributed by atoms with van der Waals surface area (Å²) in [5.41, 5.74) is 0.756. The van der Waals surface area contributed by atoms with Crippen LogP contribution in [0.3, 0.4) is 0 Å². The zero-order chi connectivity index (χ0) is 12.6. The molecule has 0 aliphatic carbocycles. The van der Waals surface area contributed by atoms with E-state index in [2.05, 4.69) is 23.8 Å². The zero-order valence-corrected chi connectivity index (χ0v) is 13.1. The molecule has 3 unspecified atom stereocenters. The maximum absolute atomic E-state index is 6.05. The van der Waals surface area contributed by atoms with E-state index in [-0.39, 0.29) is 0 Å². The predicted molar refractivity (Wildman–Crippen MR) is 78.5 cm³/mol. The fraction of sp³-hybridized carbons (Fsp3) is 0.636. The number of hydrogen-bond donors (Lipinski definition) is 0. The Morgan fingerprint density at radius 2 is 1.71 bits per heavy atom. The van der Waals surface area contributed by atoms with E-state index in [1.807, 2.05) is 30.4 Å². The lowest BCUT2D eigenvalue weighted by molar-refractivity contribution is 0.856. The summed E-state index contributed by atoms with van der Waals surface area (Å²) in [5, 5.41) is 2.50. The molecule has 0 radical (unpaired) electrons. The highest BCUT2D eigenvalue weighted by molar-refractivity contribution is 8.07. The molecule has 3 atom stereocenters. The van der Waals surface area contributed by atoms with Crippen LogP contribution in [0, 0.1) is 6.92 Å². The van der Waals surface area contributed by atoms with Gasteiger partial charge >= 0.3 is 0 Å². The molecule has 1 saturated heterocycles. The van der Waals surface area contributed by atoms with Gasteiger partial charge in [-0.3, -0.25) is 0 Å². The first kappa shape index (κ1) is 13.8. The Morgan fingerprint density at radius 1 is 1.12 bits per heavy atom. The molecule has 1 fully saturated rings.